The van der Waals surface area contributed by atoms with E-state index in [1.54, 1.807) is 0 Å². The lowest BCUT2D eigenvalue weighted by molar-refractivity contribution is 0.305. The molecule has 0 aliphatic heterocycles. The summed E-state index contributed by atoms with van der Waals surface area (Å²) in [7, 11) is 0. The van der Waals surface area contributed by atoms with Crippen LogP contribution in [0.15, 0.2) is 53.0 Å². The summed E-state index contributed by atoms with van der Waals surface area (Å²) in [4.78, 5) is 0. The molecule has 0 saturated carbocycles. The Bertz CT molecular complexity index is 520. The van der Waals surface area contributed by atoms with Crippen molar-refractivity contribution < 1.29 is 4.74 Å². The second kappa shape index (κ2) is 6.05. The molecule has 0 aromatic heterocycles. The largest absolute Gasteiger partial charge is 0.489 e. The average molecular weight is 305 g/mol. The molecule has 0 bridgehead atoms. The highest BCUT2D eigenvalue weighted by Gasteiger charge is 2.03. The Morgan fingerprint density at radius 2 is 1.83 bits per heavy atom. The van der Waals surface area contributed by atoms with Crippen LogP contribution >= 0.6 is 15.9 Å². The van der Waals surface area contributed by atoms with Gasteiger partial charge in [-0.15, -0.1) is 0 Å². The van der Waals surface area contributed by atoms with Crippen LogP contribution in [0.25, 0.3) is 0 Å². The van der Waals surface area contributed by atoms with E-state index < -0.39 is 0 Å². The first-order valence-corrected chi connectivity index (χ1v) is 6.92. The number of rotatable bonds is 4. The van der Waals surface area contributed by atoms with Gasteiger partial charge in [0.05, 0.1) is 0 Å². The van der Waals surface area contributed by atoms with Crippen LogP contribution in [-0.4, -0.2) is 0 Å². The van der Waals surface area contributed by atoms with Crippen LogP contribution < -0.4 is 4.74 Å². The second-order valence-electron chi connectivity index (χ2n) is 4.61. The predicted molar refractivity (Wildman–Crippen MR) is 79.0 cm³/mol. The van der Waals surface area contributed by atoms with Crippen LogP contribution in [0.2, 0.25) is 0 Å². The number of ether oxygens (including phenoxy) is 1. The monoisotopic (exact) mass is 304 g/mol. The van der Waals surface area contributed by atoms with Crippen LogP contribution in [0.3, 0.4) is 0 Å². The number of halogens is 1. The predicted octanol–water partition coefficient (Wildman–Crippen LogP) is 5.15. The van der Waals surface area contributed by atoms with Crippen molar-refractivity contribution in [3.63, 3.8) is 0 Å². The van der Waals surface area contributed by atoms with Gasteiger partial charge in [-0.05, 0) is 29.7 Å². The van der Waals surface area contributed by atoms with E-state index in [0.29, 0.717) is 12.5 Å². The van der Waals surface area contributed by atoms with Gasteiger partial charge < -0.3 is 4.74 Å². The molecule has 2 aromatic rings. The summed E-state index contributed by atoms with van der Waals surface area (Å²) in [5.74, 6) is 1.45. The Labute approximate surface area is 117 Å². The summed E-state index contributed by atoms with van der Waals surface area (Å²) in [6.45, 7) is 4.96. The summed E-state index contributed by atoms with van der Waals surface area (Å²) >= 11 is 3.53. The smallest absolute Gasteiger partial charge is 0.120 e. The molecule has 0 radical (unpaired) electrons. The van der Waals surface area contributed by atoms with Gasteiger partial charge >= 0.3 is 0 Å². The lowest BCUT2D eigenvalue weighted by atomic mass is 10.0. The van der Waals surface area contributed by atoms with Crippen molar-refractivity contribution in [1.29, 1.82) is 0 Å². The summed E-state index contributed by atoms with van der Waals surface area (Å²) in [6.07, 6.45) is 0. The zero-order valence-electron chi connectivity index (χ0n) is 10.7. The van der Waals surface area contributed by atoms with Crippen LogP contribution in [0.5, 0.6) is 5.75 Å². The fraction of sp³-hybridized carbons (Fsp3) is 0.250. The van der Waals surface area contributed by atoms with Gasteiger partial charge in [0.2, 0.25) is 0 Å². The molecule has 0 amide bonds. The second-order valence-corrected chi connectivity index (χ2v) is 5.46. The SMILES string of the molecule is CC(C)c1cccc(OCc2ccccc2Br)c1. The Morgan fingerprint density at radius 3 is 2.56 bits per heavy atom. The highest BCUT2D eigenvalue weighted by Crippen LogP contribution is 2.22. The summed E-state index contributed by atoms with van der Waals surface area (Å²) in [5, 5.41) is 0. The Balaban J connectivity index is 2.07. The third-order valence-electron chi connectivity index (χ3n) is 2.88. The minimum absolute atomic E-state index is 0.525. The molecule has 18 heavy (non-hydrogen) atoms. The molecule has 0 heterocycles. The minimum atomic E-state index is 0.525. The van der Waals surface area contributed by atoms with E-state index in [1.165, 1.54) is 5.56 Å². The van der Waals surface area contributed by atoms with E-state index in [0.717, 1.165) is 15.8 Å². The summed E-state index contributed by atoms with van der Waals surface area (Å²) in [6, 6.07) is 16.4. The van der Waals surface area contributed by atoms with Crippen molar-refractivity contribution in [2.75, 3.05) is 0 Å². The first kappa shape index (κ1) is 13.2. The van der Waals surface area contributed by atoms with Crippen LogP contribution in [0.1, 0.15) is 30.9 Å². The van der Waals surface area contributed by atoms with Gasteiger partial charge in [-0.2, -0.15) is 0 Å². The third kappa shape index (κ3) is 3.36. The van der Waals surface area contributed by atoms with E-state index in [1.807, 2.05) is 30.3 Å². The molecule has 0 atom stereocenters. The molecule has 0 fully saturated rings. The average Bonchev–Trinajstić information content (AvgIpc) is 2.38. The Kier molecular flexibility index (Phi) is 4.43. The van der Waals surface area contributed by atoms with Crippen molar-refractivity contribution in [3.8, 4) is 5.75 Å². The molecule has 2 heteroatoms. The van der Waals surface area contributed by atoms with Gasteiger partial charge in [0.1, 0.15) is 12.4 Å². The third-order valence-corrected chi connectivity index (χ3v) is 3.65. The molecular weight excluding hydrogens is 288 g/mol. The first-order chi connectivity index (χ1) is 8.66. The number of hydrogen-bond acceptors (Lipinski definition) is 1. The van der Waals surface area contributed by atoms with Crippen molar-refractivity contribution in [3.05, 3.63) is 64.1 Å². The molecule has 0 spiro atoms. The highest BCUT2D eigenvalue weighted by atomic mass is 79.9. The Morgan fingerprint density at radius 1 is 1.06 bits per heavy atom. The van der Waals surface area contributed by atoms with Gasteiger partial charge in [-0.1, -0.05) is 60.1 Å². The normalized spacial score (nSPS) is 10.7. The molecule has 0 N–H and O–H groups in total. The topological polar surface area (TPSA) is 9.23 Å². The summed E-state index contributed by atoms with van der Waals surface area (Å²) in [5.41, 5.74) is 2.46. The van der Waals surface area contributed by atoms with Gasteiger partial charge in [-0.3, -0.25) is 0 Å². The van der Waals surface area contributed by atoms with Crippen molar-refractivity contribution in [1.82, 2.24) is 0 Å². The number of hydrogen-bond donors (Lipinski definition) is 0. The maximum Gasteiger partial charge on any atom is 0.120 e. The molecule has 0 unspecified atom stereocenters. The first-order valence-electron chi connectivity index (χ1n) is 6.13. The summed E-state index contributed by atoms with van der Waals surface area (Å²) < 4.78 is 6.92. The van der Waals surface area contributed by atoms with Crippen molar-refractivity contribution in [2.45, 2.75) is 26.4 Å². The quantitative estimate of drug-likeness (QED) is 0.759. The van der Waals surface area contributed by atoms with Gasteiger partial charge in [0.15, 0.2) is 0 Å². The maximum absolute atomic E-state index is 5.83. The zero-order valence-corrected chi connectivity index (χ0v) is 12.3. The molecular formula is C16H17BrO. The fourth-order valence-electron chi connectivity index (χ4n) is 1.74. The fourth-order valence-corrected chi connectivity index (χ4v) is 2.14. The molecule has 1 nitrogen and oxygen atoms in total. The van der Waals surface area contributed by atoms with Gasteiger partial charge in [-0.25, -0.2) is 0 Å². The van der Waals surface area contributed by atoms with E-state index >= 15 is 0 Å². The molecule has 0 saturated heterocycles. The van der Waals surface area contributed by atoms with E-state index in [9.17, 15) is 0 Å². The van der Waals surface area contributed by atoms with Crippen LogP contribution in [-0.2, 0) is 6.61 Å². The van der Waals surface area contributed by atoms with E-state index in [2.05, 4.69) is 48.0 Å². The molecule has 2 aromatic carbocycles. The maximum atomic E-state index is 5.83. The van der Waals surface area contributed by atoms with E-state index in [4.69, 9.17) is 4.74 Å². The number of benzene rings is 2. The zero-order chi connectivity index (χ0) is 13.0. The van der Waals surface area contributed by atoms with Crippen LogP contribution in [0.4, 0.5) is 0 Å². The molecule has 94 valence electrons. The van der Waals surface area contributed by atoms with Crippen molar-refractivity contribution >= 4 is 15.9 Å². The lowest BCUT2D eigenvalue weighted by Crippen LogP contribution is -1.97. The standard InChI is InChI=1S/C16H17BrO/c1-12(2)13-7-5-8-15(10-13)18-11-14-6-3-4-9-16(14)17/h3-10,12H,11H2,1-2H3. The lowest BCUT2D eigenvalue weighted by Gasteiger charge is -2.10. The van der Waals surface area contributed by atoms with Gasteiger partial charge in [0, 0.05) is 10.0 Å². The Hall–Kier alpha value is -1.28. The molecule has 0 aliphatic carbocycles. The van der Waals surface area contributed by atoms with Crippen molar-refractivity contribution in [2.24, 2.45) is 0 Å². The highest BCUT2D eigenvalue weighted by molar-refractivity contribution is 9.10. The van der Waals surface area contributed by atoms with Crippen LogP contribution in [0, 0.1) is 0 Å². The molecule has 2 rings (SSSR count). The molecule has 0 aliphatic rings. The minimum Gasteiger partial charge on any atom is -0.489 e. The van der Waals surface area contributed by atoms with E-state index in [-0.39, 0.29) is 0 Å². The van der Waals surface area contributed by atoms with Gasteiger partial charge in [0.25, 0.3) is 0 Å².